The SMILES string of the molecule is COC(c1ccccc1)N(C([O])=O)C(OC)(OC(=O)N(C)C)c1ccccc1. The second-order valence-corrected chi connectivity index (χ2v) is 6.05. The number of methoxy groups -OCH3 is 2. The highest BCUT2D eigenvalue weighted by molar-refractivity contribution is 5.70. The van der Waals surface area contributed by atoms with E-state index >= 15 is 0 Å². The number of carbonyl (C=O) groups excluding carboxylic acids is 2. The van der Waals surface area contributed by atoms with Crippen LogP contribution in [0.25, 0.3) is 0 Å². The smallest absolute Gasteiger partial charge is 0.392 e. The number of carbonyl (C=O) groups is 2. The third-order valence-electron chi connectivity index (χ3n) is 4.06. The predicted molar refractivity (Wildman–Crippen MR) is 99.4 cm³/mol. The number of ether oxygens (including phenoxy) is 3. The van der Waals surface area contributed by atoms with Gasteiger partial charge in [-0.05, 0) is 0 Å². The lowest BCUT2D eigenvalue weighted by Gasteiger charge is -2.42. The van der Waals surface area contributed by atoms with Gasteiger partial charge in [-0.15, -0.1) is 0 Å². The first-order valence-electron chi connectivity index (χ1n) is 8.46. The Morgan fingerprint density at radius 1 is 0.929 bits per heavy atom. The first kappa shape index (κ1) is 21.2. The largest absolute Gasteiger partial charge is 0.460 e. The summed E-state index contributed by atoms with van der Waals surface area (Å²) >= 11 is 0. The zero-order valence-electron chi connectivity index (χ0n) is 16.2. The molecule has 0 N–H and O–H groups in total. The zero-order chi connectivity index (χ0) is 20.7. The van der Waals surface area contributed by atoms with Gasteiger partial charge in [0.1, 0.15) is 0 Å². The molecule has 0 spiro atoms. The lowest BCUT2D eigenvalue weighted by molar-refractivity contribution is -0.309. The van der Waals surface area contributed by atoms with Gasteiger partial charge in [-0.25, -0.2) is 19.6 Å². The molecule has 2 aromatic carbocycles. The van der Waals surface area contributed by atoms with Crippen LogP contribution in [0, 0.1) is 0 Å². The minimum Gasteiger partial charge on any atom is -0.392 e. The molecule has 28 heavy (non-hydrogen) atoms. The molecule has 0 aliphatic rings. The molecule has 2 unspecified atom stereocenters. The van der Waals surface area contributed by atoms with Crippen molar-refractivity contribution in [1.29, 1.82) is 0 Å². The van der Waals surface area contributed by atoms with Crippen molar-refractivity contribution in [3.05, 3.63) is 71.8 Å². The fourth-order valence-corrected chi connectivity index (χ4v) is 2.74. The van der Waals surface area contributed by atoms with E-state index in [1.165, 1.54) is 28.3 Å². The third kappa shape index (κ3) is 4.24. The maximum Gasteiger partial charge on any atom is 0.460 e. The minimum atomic E-state index is -2.14. The fourth-order valence-electron chi connectivity index (χ4n) is 2.74. The van der Waals surface area contributed by atoms with Crippen LogP contribution in [-0.2, 0) is 25.2 Å². The Kier molecular flexibility index (Phi) is 6.97. The van der Waals surface area contributed by atoms with Crippen LogP contribution >= 0.6 is 0 Å². The molecule has 149 valence electrons. The van der Waals surface area contributed by atoms with Crippen LogP contribution in [0.2, 0.25) is 0 Å². The van der Waals surface area contributed by atoms with E-state index in [2.05, 4.69) is 0 Å². The standard InChI is InChI=1S/C20H23N2O6/c1-21(2)19(25)28-20(27-4,16-13-9-6-10-14-16)22(18(23)24)17(26-3)15-11-7-5-8-12-15/h5-14,17H,1-4H3. The monoisotopic (exact) mass is 387 g/mol. The molecular weight excluding hydrogens is 364 g/mol. The number of hydrogen-bond donors (Lipinski definition) is 0. The van der Waals surface area contributed by atoms with Gasteiger partial charge >= 0.3 is 18.1 Å². The Morgan fingerprint density at radius 3 is 1.89 bits per heavy atom. The van der Waals surface area contributed by atoms with Crippen molar-refractivity contribution in [3.8, 4) is 0 Å². The van der Waals surface area contributed by atoms with E-state index in [1.807, 2.05) is 0 Å². The van der Waals surface area contributed by atoms with Gasteiger partial charge in [0.15, 0.2) is 6.23 Å². The van der Waals surface area contributed by atoms with E-state index in [9.17, 15) is 14.7 Å². The molecule has 8 nitrogen and oxygen atoms in total. The maximum absolute atomic E-state index is 12.4. The normalized spacial score (nSPS) is 13.9. The van der Waals surface area contributed by atoms with Gasteiger partial charge in [-0.3, -0.25) is 0 Å². The first-order chi connectivity index (χ1) is 13.4. The van der Waals surface area contributed by atoms with Crippen LogP contribution in [0.3, 0.4) is 0 Å². The van der Waals surface area contributed by atoms with Gasteiger partial charge in [0.05, 0.1) is 0 Å². The van der Waals surface area contributed by atoms with Crippen LogP contribution in [0.5, 0.6) is 0 Å². The Hall–Kier alpha value is -3.10. The summed E-state index contributed by atoms with van der Waals surface area (Å²) in [5.41, 5.74) is 0.780. The average molecular weight is 387 g/mol. The molecule has 0 heterocycles. The van der Waals surface area contributed by atoms with Crippen molar-refractivity contribution in [2.24, 2.45) is 0 Å². The Morgan fingerprint density at radius 2 is 1.46 bits per heavy atom. The van der Waals surface area contributed by atoms with E-state index in [0.29, 0.717) is 5.56 Å². The van der Waals surface area contributed by atoms with E-state index in [0.717, 1.165) is 9.80 Å². The molecule has 0 saturated carbocycles. The first-order valence-corrected chi connectivity index (χ1v) is 8.46. The van der Waals surface area contributed by atoms with Crippen molar-refractivity contribution >= 4 is 12.2 Å². The van der Waals surface area contributed by atoms with Crippen molar-refractivity contribution in [1.82, 2.24) is 9.80 Å². The number of amides is 2. The molecule has 2 atom stereocenters. The minimum absolute atomic E-state index is 0.273. The summed E-state index contributed by atoms with van der Waals surface area (Å²) in [6, 6.07) is 16.9. The van der Waals surface area contributed by atoms with Crippen LogP contribution in [0.1, 0.15) is 17.4 Å². The quantitative estimate of drug-likeness (QED) is 0.680. The van der Waals surface area contributed by atoms with Gasteiger partial charge in [-0.2, -0.15) is 0 Å². The molecule has 2 aromatic rings. The Balaban J connectivity index is 2.69. The summed E-state index contributed by atoms with van der Waals surface area (Å²) in [6.07, 6.45) is -3.62. The lowest BCUT2D eigenvalue weighted by atomic mass is 10.1. The second kappa shape index (κ2) is 9.20. The summed E-state index contributed by atoms with van der Waals surface area (Å²) in [6.45, 7) is 0. The predicted octanol–water partition coefficient (Wildman–Crippen LogP) is 3.34. The van der Waals surface area contributed by atoms with Gasteiger partial charge in [-0.1, -0.05) is 60.7 Å². The van der Waals surface area contributed by atoms with Crippen LogP contribution in [0.15, 0.2) is 60.7 Å². The molecule has 1 radical (unpaired) electrons. The molecule has 2 rings (SSSR count). The summed E-state index contributed by atoms with van der Waals surface area (Å²) in [4.78, 5) is 26.5. The maximum atomic E-state index is 12.4. The number of rotatable bonds is 7. The molecule has 8 heteroatoms. The van der Waals surface area contributed by atoms with Crippen molar-refractivity contribution in [3.63, 3.8) is 0 Å². The Labute approximate surface area is 163 Å². The van der Waals surface area contributed by atoms with E-state index in [1.54, 1.807) is 60.7 Å². The molecule has 0 fully saturated rings. The summed E-state index contributed by atoms with van der Waals surface area (Å²) < 4.78 is 16.5. The fraction of sp³-hybridized carbons (Fsp3) is 0.300. The zero-order valence-corrected chi connectivity index (χ0v) is 16.2. The van der Waals surface area contributed by atoms with Crippen LogP contribution in [-0.4, -0.2) is 50.3 Å². The summed E-state index contributed by atoms with van der Waals surface area (Å²) in [7, 11) is 5.53. The molecule has 0 saturated heterocycles. The van der Waals surface area contributed by atoms with Gasteiger partial charge < -0.3 is 19.1 Å². The van der Waals surface area contributed by atoms with Crippen LogP contribution < -0.4 is 0 Å². The number of benzene rings is 2. The topological polar surface area (TPSA) is 88.2 Å². The molecular formula is C20H23N2O6. The molecule has 0 aromatic heterocycles. The van der Waals surface area contributed by atoms with Gasteiger partial charge in [0, 0.05) is 39.4 Å². The highest BCUT2D eigenvalue weighted by Gasteiger charge is 2.51. The van der Waals surface area contributed by atoms with Crippen molar-refractivity contribution in [2.75, 3.05) is 28.3 Å². The van der Waals surface area contributed by atoms with Crippen molar-refractivity contribution in [2.45, 2.75) is 12.1 Å². The second-order valence-electron chi connectivity index (χ2n) is 6.05. The molecule has 0 aliphatic carbocycles. The van der Waals surface area contributed by atoms with Crippen molar-refractivity contribution < 1.29 is 28.9 Å². The van der Waals surface area contributed by atoms with Gasteiger partial charge in [0.25, 0.3) is 0 Å². The molecule has 2 amide bonds. The number of nitrogens with zero attached hydrogens (tertiary/aromatic N) is 2. The molecule has 0 aliphatic heterocycles. The van der Waals surface area contributed by atoms with Crippen LogP contribution in [0.4, 0.5) is 9.59 Å². The number of hydrogen-bond acceptors (Lipinski definition) is 5. The highest BCUT2D eigenvalue weighted by Crippen LogP contribution is 2.39. The third-order valence-corrected chi connectivity index (χ3v) is 4.06. The summed E-state index contributed by atoms with van der Waals surface area (Å²) in [5, 5.41) is 12.3. The summed E-state index contributed by atoms with van der Waals surface area (Å²) in [5.74, 6) is -2.14. The average Bonchev–Trinajstić information content (AvgIpc) is 2.71. The lowest BCUT2D eigenvalue weighted by Crippen LogP contribution is -2.55. The Bertz CT molecular complexity index is 784. The highest BCUT2D eigenvalue weighted by atomic mass is 16.7. The van der Waals surface area contributed by atoms with E-state index < -0.39 is 24.3 Å². The van der Waals surface area contributed by atoms with Gasteiger partial charge in [0.2, 0.25) is 0 Å². The van der Waals surface area contributed by atoms with E-state index in [-0.39, 0.29) is 5.56 Å². The molecule has 0 bridgehead atoms. The van der Waals surface area contributed by atoms with E-state index in [4.69, 9.17) is 14.2 Å².